The van der Waals surface area contributed by atoms with E-state index in [1.807, 2.05) is 6.92 Å². The van der Waals surface area contributed by atoms with Crippen LogP contribution in [0.3, 0.4) is 0 Å². The number of aliphatic hydroxyl groups is 1. The van der Waals surface area contributed by atoms with Crippen molar-refractivity contribution in [2.75, 3.05) is 19.6 Å². The summed E-state index contributed by atoms with van der Waals surface area (Å²) in [6, 6.07) is 0. The number of rotatable bonds is 3. The van der Waals surface area contributed by atoms with E-state index in [2.05, 4.69) is 5.32 Å². The minimum atomic E-state index is -0.609. The topological polar surface area (TPSA) is 58.3 Å². The van der Waals surface area contributed by atoms with Crippen LogP contribution in [0.1, 0.15) is 26.2 Å². The molecule has 0 spiro atoms. The highest BCUT2D eigenvalue weighted by Gasteiger charge is 2.33. The molecule has 1 fully saturated rings. The zero-order chi connectivity index (χ0) is 9.03. The lowest BCUT2D eigenvalue weighted by molar-refractivity contribution is -0.0254. The SMILES string of the molecule is CCC(O)(CN)C1CCNCC1. The lowest BCUT2D eigenvalue weighted by Gasteiger charge is -2.37. The van der Waals surface area contributed by atoms with Gasteiger partial charge in [0, 0.05) is 6.54 Å². The molecule has 1 saturated heterocycles. The molecule has 1 aliphatic heterocycles. The first-order valence-electron chi connectivity index (χ1n) is 4.86. The Morgan fingerprint density at radius 1 is 1.50 bits per heavy atom. The first kappa shape index (κ1) is 9.96. The Kier molecular flexibility index (Phi) is 3.50. The molecule has 0 aromatic carbocycles. The van der Waals surface area contributed by atoms with E-state index in [9.17, 15) is 5.11 Å². The molecule has 3 heteroatoms. The minimum absolute atomic E-state index is 0.397. The molecular weight excluding hydrogens is 152 g/mol. The average Bonchev–Trinajstić information content (AvgIpc) is 2.18. The molecule has 0 bridgehead atoms. The summed E-state index contributed by atoms with van der Waals surface area (Å²) in [7, 11) is 0. The van der Waals surface area contributed by atoms with Crippen LogP contribution in [0.15, 0.2) is 0 Å². The van der Waals surface area contributed by atoms with Crippen molar-refractivity contribution in [3.05, 3.63) is 0 Å². The Balaban J connectivity index is 2.51. The van der Waals surface area contributed by atoms with Gasteiger partial charge in [-0.3, -0.25) is 0 Å². The summed E-state index contributed by atoms with van der Waals surface area (Å²) < 4.78 is 0. The molecule has 0 radical (unpaired) electrons. The normalized spacial score (nSPS) is 25.2. The molecule has 1 aliphatic rings. The largest absolute Gasteiger partial charge is 0.388 e. The van der Waals surface area contributed by atoms with E-state index in [4.69, 9.17) is 5.73 Å². The molecule has 0 aromatic rings. The molecule has 0 aromatic heterocycles. The van der Waals surface area contributed by atoms with E-state index in [-0.39, 0.29) is 0 Å². The van der Waals surface area contributed by atoms with Crippen molar-refractivity contribution in [1.82, 2.24) is 5.32 Å². The summed E-state index contributed by atoms with van der Waals surface area (Å²) in [4.78, 5) is 0. The molecule has 0 aliphatic carbocycles. The van der Waals surface area contributed by atoms with Crippen LogP contribution in [0.4, 0.5) is 0 Å². The molecule has 1 atom stereocenters. The number of piperidine rings is 1. The van der Waals surface area contributed by atoms with Crippen molar-refractivity contribution in [1.29, 1.82) is 0 Å². The van der Waals surface area contributed by atoms with Gasteiger partial charge in [0.1, 0.15) is 0 Å². The van der Waals surface area contributed by atoms with Crippen molar-refractivity contribution in [3.8, 4) is 0 Å². The third-order valence-electron chi connectivity index (χ3n) is 3.06. The molecule has 0 saturated carbocycles. The molecule has 3 nitrogen and oxygen atoms in total. The van der Waals surface area contributed by atoms with Crippen LogP contribution >= 0.6 is 0 Å². The first-order chi connectivity index (χ1) is 5.73. The summed E-state index contributed by atoms with van der Waals surface area (Å²) in [5.41, 5.74) is 4.97. The Morgan fingerprint density at radius 2 is 2.08 bits per heavy atom. The van der Waals surface area contributed by atoms with Gasteiger partial charge in [0.15, 0.2) is 0 Å². The molecule has 12 heavy (non-hydrogen) atoms. The number of nitrogens with one attached hydrogen (secondary N) is 1. The third kappa shape index (κ3) is 1.97. The van der Waals surface area contributed by atoms with E-state index in [1.165, 1.54) is 0 Å². The second kappa shape index (κ2) is 4.21. The summed E-state index contributed by atoms with van der Waals surface area (Å²) in [6.07, 6.45) is 2.89. The standard InChI is InChI=1S/C9H20N2O/c1-2-9(12,7-10)8-3-5-11-6-4-8/h8,11-12H,2-7,10H2,1H3. The quantitative estimate of drug-likeness (QED) is 0.565. The Hall–Kier alpha value is -0.120. The zero-order valence-electron chi connectivity index (χ0n) is 7.84. The molecule has 0 amide bonds. The van der Waals surface area contributed by atoms with E-state index < -0.39 is 5.60 Å². The van der Waals surface area contributed by atoms with Gasteiger partial charge < -0.3 is 16.2 Å². The summed E-state index contributed by atoms with van der Waals surface area (Å²) >= 11 is 0. The summed E-state index contributed by atoms with van der Waals surface area (Å²) in [5, 5.41) is 13.4. The maximum absolute atomic E-state index is 10.1. The smallest absolute Gasteiger partial charge is 0.0795 e. The van der Waals surface area contributed by atoms with Crippen LogP contribution in [0.5, 0.6) is 0 Å². The lowest BCUT2D eigenvalue weighted by atomic mass is 9.79. The van der Waals surface area contributed by atoms with E-state index >= 15 is 0 Å². The van der Waals surface area contributed by atoms with Crippen molar-refractivity contribution >= 4 is 0 Å². The number of hydrogen-bond acceptors (Lipinski definition) is 3. The average molecular weight is 172 g/mol. The predicted molar refractivity (Wildman–Crippen MR) is 49.9 cm³/mol. The fourth-order valence-electron chi connectivity index (χ4n) is 1.96. The monoisotopic (exact) mass is 172 g/mol. The summed E-state index contributed by atoms with van der Waals surface area (Å²) in [5.74, 6) is 0.397. The van der Waals surface area contributed by atoms with Crippen LogP contribution in [0.2, 0.25) is 0 Å². The van der Waals surface area contributed by atoms with Crippen molar-refractivity contribution in [2.45, 2.75) is 31.8 Å². The first-order valence-corrected chi connectivity index (χ1v) is 4.86. The molecular formula is C9H20N2O. The third-order valence-corrected chi connectivity index (χ3v) is 3.06. The fraction of sp³-hybridized carbons (Fsp3) is 1.00. The highest BCUT2D eigenvalue weighted by Crippen LogP contribution is 2.27. The Bertz CT molecular complexity index is 128. The van der Waals surface area contributed by atoms with Crippen molar-refractivity contribution in [3.63, 3.8) is 0 Å². The Morgan fingerprint density at radius 3 is 2.50 bits per heavy atom. The van der Waals surface area contributed by atoms with Gasteiger partial charge in [-0.05, 0) is 38.3 Å². The maximum atomic E-state index is 10.1. The second-order valence-electron chi connectivity index (χ2n) is 3.69. The van der Waals surface area contributed by atoms with Crippen LogP contribution in [-0.4, -0.2) is 30.3 Å². The molecule has 1 unspecified atom stereocenters. The van der Waals surface area contributed by atoms with Gasteiger partial charge >= 0.3 is 0 Å². The molecule has 1 heterocycles. The van der Waals surface area contributed by atoms with E-state index in [0.29, 0.717) is 12.5 Å². The van der Waals surface area contributed by atoms with Gasteiger partial charge in [0.25, 0.3) is 0 Å². The van der Waals surface area contributed by atoms with E-state index in [1.54, 1.807) is 0 Å². The highest BCUT2D eigenvalue weighted by atomic mass is 16.3. The van der Waals surface area contributed by atoms with Gasteiger partial charge in [0.05, 0.1) is 5.60 Å². The van der Waals surface area contributed by atoms with E-state index in [0.717, 1.165) is 32.4 Å². The van der Waals surface area contributed by atoms with Crippen LogP contribution in [0, 0.1) is 5.92 Å². The van der Waals surface area contributed by atoms with Crippen LogP contribution < -0.4 is 11.1 Å². The van der Waals surface area contributed by atoms with Gasteiger partial charge in [0.2, 0.25) is 0 Å². The van der Waals surface area contributed by atoms with Crippen molar-refractivity contribution < 1.29 is 5.11 Å². The van der Waals surface area contributed by atoms with Gasteiger partial charge in [-0.25, -0.2) is 0 Å². The van der Waals surface area contributed by atoms with Gasteiger partial charge in [-0.15, -0.1) is 0 Å². The highest BCUT2D eigenvalue weighted by molar-refractivity contribution is 4.88. The second-order valence-corrected chi connectivity index (χ2v) is 3.69. The number of nitrogens with two attached hydrogens (primary N) is 1. The maximum Gasteiger partial charge on any atom is 0.0795 e. The summed E-state index contributed by atoms with van der Waals surface area (Å²) in [6.45, 7) is 4.45. The van der Waals surface area contributed by atoms with Gasteiger partial charge in [-0.2, -0.15) is 0 Å². The zero-order valence-corrected chi connectivity index (χ0v) is 7.84. The van der Waals surface area contributed by atoms with Crippen LogP contribution in [-0.2, 0) is 0 Å². The number of hydrogen-bond donors (Lipinski definition) is 3. The molecule has 4 N–H and O–H groups in total. The minimum Gasteiger partial charge on any atom is -0.388 e. The van der Waals surface area contributed by atoms with Gasteiger partial charge in [-0.1, -0.05) is 6.92 Å². The fourth-order valence-corrected chi connectivity index (χ4v) is 1.96. The molecule has 72 valence electrons. The van der Waals surface area contributed by atoms with Crippen molar-refractivity contribution in [2.24, 2.45) is 11.7 Å². The van der Waals surface area contributed by atoms with Crippen LogP contribution in [0.25, 0.3) is 0 Å². The lowest BCUT2D eigenvalue weighted by Crippen LogP contribution is -2.48. The Labute approximate surface area is 74.3 Å². The molecule has 1 rings (SSSR count). The predicted octanol–water partition coefficient (Wildman–Crippen LogP) is 0.0858.